The van der Waals surface area contributed by atoms with E-state index in [1.54, 1.807) is 0 Å². The van der Waals surface area contributed by atoms with Gasteiger partial charge in [-0.2, -0.15) is 0 Å². The van der Waals surface area contributed by atoms with Crippen molar-refractivity contribution >= 4 is 11.7 Å². The number of nitrogens with one attached hydrogen (secondary N) is 2. The molecule has 23 heavy (non-hydrogen) atoms. The molecule has 0 aromatic heterocycles. The maximum atomic E-state index is 12.1. The highest BCUT2D eigenvalue weighted by atomic mass is 16.2. The Labute approximate surface area is 139 Å². The Bertz CT molecular complexity index is 517. The lowest BCUT2D eigenvalue weighted by Crippen LogP contribution is -2.50. The first-order valence-corrected chi connectivity index (χ1v) is 9.09. The molecule has 1 heterocycles. The average Bonchev–Trinajstić information content (AvgIpc) is 2.56. The number of hydrogen-bond acceptors (Lipinski definition) is 2. The Kier molecular flexibility index (Phi) is 5.42. The highest BCUT2D eigenvalue weighted by Crippen LogP contribution is 2.21. The van der Waals surface area contributed by atoms with Crippen LogP contribution in [0.1, 0.15) is 50.5 Å². The highest BCUT2D eigenvalue weighted by molar-refractivity contribution is 5.74. The van der Waals surface area contributed by atoms with Crippen molar-refractivity contribution in [3.05, 3.63) is 29.8 Å². The summed E-state index contributed by atoms with van der Waals surface area (Å²) in [5.41, 5.74) is 2.60. The van der Waals surface area contributed by atoms with Gasteiger partial charge in [0.25, 0.3) is 0 Å². The van der Waals surface area contributed by atoms with E-state index >= 15 is 0 Å². The summed E-state index contributed by atoms with van der Waals surface area (Å²) >= 11 is 0. The normalized spacial score (nSPS) is 20.3. The predicted molar refractivity (Wildman–Crippen MR) is 95.0 cm³/mol. The zero-order valence-corrected chi connectivity index (χ0v) is 14.2. The van der Waals surface area contributed by atoms with Gasteiger partial charge >= 0.3 is 6.03 Å². The van der Waals surface area contributed by atoms with Crippen molar-refractivity contribution in [1.29, 1.82) is 0 Å². The monoisotopic (exact) mass is 315 g/mol. The van der Waals surface area contributed by atoms with Crippen LogP contribution in [-0.4, -0.2) is 31.2 Å². The first kappa shape index (κ1) is 16.2. The van der Waals surface area contributed by atoms with Crippen molar-refractivity contribution in [2.75, 3.05) is 18.0 Å². The van der Waals surface area contributed by atoms with E-state index in [0.717, 1.165) is 38.8 Å². The fraction of sp³-hybridized carbons (Fsp3) is 0.632. The third kappa shape index (κ3) is 4.63. The van der Waals surface area contributed by atoms with E-state index in [9.17, 15) is 4.79 Å². The molecule has 1 saturated heterocycles. The number of hydrogen-bond donors (Lipinski definition) is 2. The van der Waals surface area contributed by atoms with Crippen LogP contribution in [0, 0.1) is 6.92 Å². The van der Waals surface area contributed by atoms with Gasteiger partial charge in [0.05, 0.1) is 0 Å². The molecule has 4 nitrogen and oxygen atoms in total. The van der Waals surface area contributed by atoms with Crippen molar-refractivity contribution in [2.24, 2.45) is 0 Å². The Balaban J connectivity index is 1.42. The van der Waals surface area contributed by atoms with Gasteiger partial charge in [0.15, 0.2) is 0 Å². The van der Waals surface area contributed by atoms with E-state index in [0.29, 0.717) is 12.1 Å². The summed E-state index contributed by atoms with van der Waals surface area (Å²) in [5.74, 6) is 0. The number of rotatable bonds is 3. The molecule has 2 fully saturated rings. The van der Waals surface area contributed by atoms with Crippen LogP contribution >= 0.6 is 0 Å². The van der Waals surface area contributed by atoms with Crippen molar-refractivity contribution < 1.29 is 4.79 Å². The number of carbonyl (C=O) groups excluding carboxylic acids is 1. The van der Waals surface area contributed by atoms with Crippen LogP contribution < -0.4 is 15.5 Å². The molecular formula is C19H29N3O. The lowest BCUT2D eigenvalue weighted by atomic mass is 9.96. The number of benzene rings is 1. The second-order valence-corrected chi connectivity index (χ2v) is 7.05. The molecule has 1 aliphatic heterocycles. The van der Waals surface area contributed by atoms with E-state index < -0.39 is 0 Å². The number of nitrogens with zero attached hydrogens (tertiary/aromatic N) is 1. The molecule has 2 N–H and O–H groups in total. The molecule has 1 aromatic rings. The molecule has 0 radical (unpaired) electrons. The molecule has 2 aliphatic rings. The van der Waals surface area contributed by atoms with Crippen molar-refractivity contribution in [3.8, 4) is 0 Å². The summed E-state index contributed by atoms with van der Waals surface area (Å²) in [4.78, 5) is 14.6. The number of amides is 2. The van der Waals surface area contributed by atoms with Crippen molar-refractivity contribution in [1.82, 2.24) is 10.6 Å². The second kappa shape index (κ2) is 7.71. The van der Waals surface area contributed by atoms with Gasteiger partial charge in [0, 0.05) is 30.9 Å². The van der Waals surface area contributed by atoms with Gasteiger partial charge in [0.1, 0.15) is 0 Å². The van der Waals surface area contributed by atoms with E-state index in [2.05, 4.69) is 46.7 Å². The Morgan fingerprint density at radius 1 is 1.00 bits per heavy atom. The molecule has 0 unspecified atom stereocenters. The average molecular weight is 315 g/mol. The van der Waals surface area contributed by atoms with E-state index in [1.807, 2.05) is 0 Å². The minimum atomic E-state index is 0.0332. The second-order valence-electron chi connectivity index (χ2n) is 7.05. The minimum Gasteiger partial charge on any atom is -0.371 e. The topological polar surface area (TPSA) is 44.4 Å². The van der Waals surface area contributed by atoms with Crippen LogP contribution in [0.15, 0.2) is 24.3 Å². The van der Waals surface area contributed by atoms with Crippen LogP contribution in [0.2, 0.25) is 0 Å². The van der Waals surface area contributed by atoms with Crippen molar-refractivity contribution in [3.63, 3.8) is 0 Å². The Hall–Kier alpha value is -1.71. The summed E-state index contributed by atoms with van der Waals surface area (Å²) < 4.78 is 0. The highest BCUT2D eigenvalue weighted by Gasteiger charge is 2.22. The Morgan fingerprint density at radius 2 is 1.65 bits per heavy atom. The van der Waals surface area contributed by atoms with E-state index in [1.165, 1.54) is 30.5 Å². The van der Waals surface area contributed by atoms with Gasteiger partial charge in [-0.15, -0.1) is 0 Å². The smallest absolute Gasteiger partial charge is 0.315 e. The third-order valence-corrected chi connectivity index (χ3v) is 5.14. The number of piperidine rings is 1. The van der Waals surface area contributed by atoms with Gasteiger partial charge in [-0.25, -0.2) is 4.79 Å². The summed E-state index contributed by atoms with van der Waals surface area (Å²) in [6, 6.07) is 9.39. The number of carbonyl (C=O) groups is 1. The number of anilines is 1. The molecule has 2 amide bonds. The van der Waals surface area contributed by atoms with Crippen LogP contribution in [0.3, 0.4) is 0 Å². The molecule has 1 aliphatic carbocycles. The van der Waals surface area contributed by atoms with Gasteiger partial charge in [0.2, 0.25) is 0 Å². The third-order valence-electron chi connectivity index (χ3n) is 5.14. The molecule has 126 valence electrons. The molecule has 0 spiro atoms. The summed E-state index contributed by atoms with van der Waals surface area (Å²) in [7, 11) is 0. The molecule has 0 atom stereocenters. The number of urea groups is 1. The fourth-order valence-corrected chi connectivity index (χ4v) is 3.77. The van der Waals surface area contributed by atoms with Gasteiger partial charge in [-0.3, -0.25) is 0 Å². The van der Waals surface area contributed by atoms with Crippen molar-refractivity contribution in [2.45, 2.75) is 64.0 Å². The first-order chi connectivity index (χ1) is 11.2. The molecular weight excluding hydrogens is 286 g/mol. The molecule has 0 bridgehead atoms. The number of aryl methyl sites for hydroxylation is 1. The van der Waals surface area contributed by atoms with Crippen LogP contribution in [0.25, 0.3) is 0 Å². The lowest BCUT2D eigenvalue weighted by molar-refractivity contribution is 0.226. The van der Waals surface area contributed by atoms with Crippen LogP contribution in [0.4, 0.5) is 10.5 Å². The summed E-state index contributed by atoms with van der Waals surface area (Å²) in [6.07, 6.45) is 8.13. The van der Waals surface area contributed by atoms with E-state index in [-0.39, 0.29) is 6.03 Å². The van der Waals surface area contributed by atoms with Gasteiger partial charge in [-0.1, -0.05) is 31.4 Å². The fourth-order valence-electron chi connectivity index (χ4n) is 3.77. The largest absolute Gasteiger partial charge is 0.371 e. The standard InChI is InChI=1S/C19H29N3O/c1-15-6-5-9-18(14-15)22-12-10-17(11-13-22)21-19(23)20-16-7-3-2-4-8-16/h5-6,9,14,16-17H,2-4,7-8,10-13H2,1H3,(H2,20,21,23). The van der Waals surface area contributed by atoms with Crippen LogP contribution in [-0.2, 0) is 0 Å². The molecule has 4 heteroatoms. The first-order valence-electron chi connectivity index (χ1n) is 9.09. The predicted octanol–water partition coefficient (Wildman–Crippen LogP) is 3.60. The van der Waals surface area contributed by atoms with E-state index in [4.69, 9.17) is 0 Å². The Morgan fingerprint density at radius 3 is 2.30 bits per heavy atom. The zero-order valence-electron chi connectivity index (χ0n) is 14.2. The maximum absolute atomic E-state index is 12.1. The minimum absolute atomic E-state index is 0.0332. The molecule has 1 aromatic carbocycles. The maximum Gasteiger partial charge on any atom is 0.315 e. The molecule has 3 rings (SSSR count). The van der Waals surface area contributed by atoms with Gasteiger partial charge < -0.3 is 15.5 Å². The SMILES string of the molecule is Cc1cccc(N2CCC(NC(=O)NC3CCCCC3)CC2)c1. The van der Waals surface area contributed by atoms with Crippen LogP contribution in [0.5, 0.6) is 0 Å². The quantitative estimate of drug-likeness (QED) is 0.895. The molecule has 1 saturated carbocycles. The lowest BCUT2D eigenvalue weighted by Gasteiger charge is -2.34. The zero-order chi connectivity index (χ0) is 16.1. The van der Waals surface area contributed by atoms with Gasteiger partial charge in [-0.05, 0) is 50.3 Å². The summed E-state index contributed by atoms with van der Waals surface area (Å²) in [6.45, 7) is 4.16. The summed E-state index contributed by atoms with van der Waals surface area (Å²) in [5, 5.41) is 6.33.